The first-order valence-corrected chi connectivity index (χ1v) is 8.44. The number of fused-ring (bicyclic) bond motifs is 1. The van der Waals surface area contributed by atoms with Crippen LogP contribution in [0.2, 0.25) is 5.82 Å². The Morgan fingerprint density at radius 2 is 1.68 bits per heavy atom. The summed E-state index contributed by atoms with van der Waals surface area (Å²) in [5, 5.41) is 3.07. The zero-order valence-electron chi connectivity index (χ0n) is 12.8. The zero-order chi connectivity index (χ0) is 15.7. The van der Waals surface area contributed by atoms with Crippen LogP contribution in [0.15, 0.2) is 0 Å². The maximum absolute atomic E-state index is 12.7. The molecule has 3 aliphatic heterocycles. The van der Waals surface area contributed by atoms with E-state index in [0.29, 0.717) is 6.04 Å². The second-order valence-corrected chi connectivity index (χ2v) is 6.89. The molecule has 0 bridgehead atoms. The summed E-state index contributed by atoms with van der Waals surface area (Å²) < 4.78 is 38.2. The van der Waals surface area contributed by atoms with Crippen LogP contribution < -0.4 is 5.32 Å². The van der Waals surface area contributed by atoms with Gasteiger partial charge in [-0.3, -0.25) is 4.90 Å². The predicted octanol–water partition coefficient (Wildman–Crippen LogP) is 2.64. The van der Waals surface area contributed by atoms with Crippen LogP contribution in [0.25, 0.3) is 0 Å². The number of hydrogen-bond acceptors (Lipinski definition) is 2. The van der Waals surface area contributed by atoms with Crippen LogP contribution in [-0.2, 0) is 0 Å². The summed E-state index contributed by atoms with van der Waals surface area (Å²) in [4.78, 5) is 16.3. The lowest BCUT2D eigenvalue weighted by Crippen LogP contribution is -2.52. The summed E-state index contributed by atoms with van der Waals surface area (Å²) >= 11 is 0. The molecule has 22 heavy (non-hydrogen) atoms. The number of carbonyl (C=O) groups excluding carboxylic acids is 1. The Hall–Kier alpha value is -0.915. The minimum absolute atomic E-state index is 0.0527. The Kier molecular flexibility index (Phi) is 4.57. The Bertz CT molecular complexity index is 413. The number of likely N-dealkylation sites (tertiary alicyclic amines) is 1. The standard InChI is InChI=1S/C14H24BF3N3O/c16-15(17,18)11-4-8-21(9-5-11)14(22)19-12-6-10-20-7-2-1-3-13(12)20/h11-13H,1-10H2,(H,19,22)/q-1. The van der Waals surface area contributed by atoms with Gasteiger partial charge in [0.25, 0.3) is 0 Å². The maximum atomic E-state index is 12.7. The molecule has 1 N–H and O–H groups in total. The highest BCUT2D eigenvalue weighted by Gasteiger charge is 2.39. The van der Waals surface area contributed by atoms with E-state index in [9.17, 15) is 17.7 Å². The average molecular weight is 318 g/mol. The van der Waals surface area contributed by atoms with Crippen LogP contribution >= 0.6 is 0 Å². The van der Waals surface area contributed by atoms with Crippen molar-refractivity contribution in [3.63, 3.8) is 0 Å². The smallest absolute Gasteiger partial charge is 0.449 e. The number of nitrogens with one attached hydrogen (secondary N) is 1. The number of nitrogens with zero attached hydrogens (tertiary/aromatic N) is 2. The van der Waals surface area contributed by atoms with Crippen LogP contribution in [0.4, 0.5) is 17.7 Å². The lowest BCUT2D eigenvalue weighted by Gasteiger charge is -2.38. The Labute approximate surface area is 129 Å². The molecule has 3 aliphatic rings. The Morgan fingerprint density at radius 3 is 2.36 bits per heavy atom. The first-order valence-electron chi connectivity index (χ1n) is 8.44. The summed E-state index contributed by atoms with van der Waals surface area (Å²) in [7, 11) is 0. The summed E-state index contributed by atoms with van der Waals surface area (Å²) in [6, 6.07) is 0.414. The van der Waals surface area contributed by atoms with Gasteiger partial charge >= 0.3 is 13.0 Å². The van der Waals surface area contributed by atoms with Gasteiger partial charge in [-0.1, -0.05) is 25.1 Å². The van der Waals surface area contributed by atoms with Crippen LogP contribution in [0.1, 0.15) is 38.5 Å². The van der Waals surface area contributed by atoms with Crippen molar-refractivity contribution >= 4 is 13.0 Å². The number of amides is 2. The van der Waals surface area contributed by atoms with Gasteiger partial charge in [-0.15, -0.1) is 0 Å². The lowest BCUT2D eigenvalue weighted by molar-refractivity contribution is 0.160. The third kappa shape index (κ3) is 3.36. The molecular weight excluding hydrogens is 294 g/mol. The Balaban J connectivity index is 1.49. The molecule has 3 fully saturated rings. The zero-order valence-corrected chi connectivity index (χ0v) is 12.8. The molecule has 0 saturated carbocycles. The molecule has 0 aromatic rings. The van der Waals surface area contributed by atoms with Crippen molar-refractivity contribution in [3.8, 4) is 0 Å². The number of carbonyl (C=O) groups is 1. The fourth-order valence-corrected chi connectivity index (χ4v) is 4.15. The van der Waals surface area contributed by atoms with Crippen molar-refractivity contribution in [2.45, 2.75) is 56.4 Å². The second-order valence-electron chi connectivity index (χ2n) is 6.89. The molecule has 0 aromatic heterocycles. The van der Waals surface area contributed by atoms with E-state index in [1.54, 1.807) is 4.90 Å². The minimum atomic E-state index is -4.77. The quantitative estimate of drug-likeness (QED) is 0.795. The number of halogens is 3. The molecule has 126 valence electrons. The van der Waals surface area contributed by atoms with E-state index in [0.717, 1.165) is 25.9 Å². The number of piperidine rings is 2. The number of urea groups is 1. The van der Waals surface area contributed by atoms with E-state index in [-0.39, 0.29) is 38.0 Å². The molecule has 0 aromatic carbocycles. The van der Waals surface area contributed by atoms with Gasteiger partial charge in [0.05, 0.1) is 0 Å². The van der Waals surface area contributed by atoms with Crippen molar-refractivity contribution < 1.29 is 17.7 Å². The van der Waals surface area contributed by atoms with Gasteiger partial charge in [-0.25, -0.2) is 4.79 Å². The number of rotatable bonds is 2. The summed E-state index contributed by atoms with van der Waals surface area (Å²) in [6.07, 6.45) is 4.60. The first-order chi connectivity index (χ1) is 10.4. The highest BCUT2D eigenvalue weighted by Crippen LogP contribution is 2.35. The maximum Gasteiger partial charge on any atom is 0.481 e. The molecular formula is C14H24BF3N3O-. The monoisotopic (exact) mass is 318 g/mol. The summed E-state index contributed by atoms with van der Waals surface area (Å²) in [6.45, 7) is -2.19. The molecule has 4 nitrogen and oxygen atoms in total. The fraction of sp³-hybridized carbons (Fsp3) is 0.929. The van der Waals surface area contributed by atoms with E-state index in [4.69, 9.17) is 0 Å². The molecule has 0 aliphatic carbocycles. The van der Waals surface area contributed by atoms with E-state index in [1.165, 1.54) is 12.8 Å². The van der Waals surface area contributed by atoms with Crippen LogP contribution in [0, 0.1) is 0 Å². The highest BCUT2D eigenvalue weighted by atomic mass is 19.4. The SMILES string of the molecule is O=C(NC1CCN2CCCCC12)N1CCC([B-](F)(F)F)CC1. The topological polar surface area (TPSA) is 35.6 Å². The van der Waals surface area contributed by atoms with Crippen molar-refractivity contribution in [1.82, 2.24) is 15.1 Å². The van der Waals surface area contributed by atoms with E-state index in [2.05, 4.69) is 10.2 Å². The molecule has 0 spiro atoms. The minimum Gasteiger partial charge on any atom is -0.449 e. The van der Waals surface area contributed by atoms with E-state index < -0.39 is 12.8 Å². The van der Waals surface area contributed by atoms with Crippen molar-refractivity contribution in [1.29, 1.82) is 0 Å². The summed E-state index contributed by atoms with van der Waals surface area (Å²) in [5.41, 5.74) is 0. The Morgan fingerprint density at radius 1 is 0.955 bits per heavy atom. The normalized spacial score (nSPS) is 31.1. The second kappa shape index (κ2) is 6.30. The lowest BCUT2D eigenvalue weighted by atomic mass is 9.67. The highest BCUT2D eigenvalue weighted by molar-refractivity contribution is 6.60. The molecule has 0 radical (unpaired) electrons. The van der Waals surface area contributed by atoms with Crippen molar-refractivity contribution in [3.05, 3.63) is 0 Å². The fourth-order valence-electron chi connectivity index (χ4n) is 4.15. The molecule has 8 heteroatoms. The van der Waals surface area contributed by atoms with Gasteiger partial charge in [-0.05, 0) is 25.8 Å². The number of hydrogen-bond donors (Lipinski definition) is 1. The molecule has 2 atom stereocenters. The van der Waals surface area contributed by atoms with E-state index in [1.807, 2.05) is 0 Å². The average Bonchev–Trinajstić information content (AvgIpc) is 2.90. The van der Waals surface area contributed by atoms with Crippen molar-refractivity contribution in [2.24, 2.45) is 0 Å². The van der Waals surface area contributed by atoms with Gasteiger partial charge in [0, 0.05) is 31.7 Å². The van der Waals surface area contributed by atoms with Crippen LogP contribution in [0.3, 0.4) is 0 Å². The molecule has 3 rings (SSSR count). The summed E-state index contributed by atoms with van der Waals surface area (Å²) in [5.74, 6) is -1.19. The molecule has 2 amide bonds. The van der Waals surface area contributed by atoms with Crippen molar-refractivity contribution in [2.75, 3.05) is 26.2 Å². The molecule has 3 saturated heterocycles. The first kappa shape index (κ1) is 16.0. The van der Waals surface area contributed by atoms with Gasteiger partial charge in [0.15, 0.2) is 0 Å². The molecule has 2 unspecified atom stereocenters. The largest absolute Gasteiger partial charge is 0.481 e. The van der Waals surface area contributed by atoms with Crippen LogP contribution in [-0.4, -0.2) is 61.1 Å². The van der Waals surface area contributed by atoms with Gasteiger partial charge in [0.2, 0.25) is 0 Å². The third-order valence-corrected chi connectivity index (χ3v) is 5.53. The molecule has 3 heterocycles. The van der Waals surface area contributed by atoms with Gasteiger partial charge < -0.3 is 23.2 Å². The van der Waals surface area contributed by atoms with Gasteiger partial charge in [-0.2, -0.15) is 0 Å². The predicted molar refractivity (Wildman–Crippen MR) is 79.8 cm³/mol. The van der Waals surface area contributed by atoms with Gasteiger partial charge in [0.1, 0.15) is 0 Å². The van der Waals surface area contributed by atoms with Crippen LogP contribution in [0.5, 0.6) is 0 Å². The van der Waals surface area contributed by atoms with E-state index >= 15 is 0 Å². The third-order valence-electron chi connectivity index (χ3n) is 5.53.